The molecule has 2 rings (SSSR count). The minimum atomic E-state index is -3.89. The van der Waals surface area contributed by atoms with Gasteiger partial charge < -0.3 is 5.73 Å². The predicted molar refractivity (Wildman–Crippen MR) is 76.1 cm³/mol. The van der Waals surface area contributed by atoms with Crippen molar-refractivity contribution >= 4 is 10.0 Å². The summed E-state index contributed by atoms with van der Waals surface area (Å²) in [4.78, 5) is -0.314. The molecular weight excluding hydrogens is 279 g/mol. The van der Waals surface area contributed by atoms with Gasteiger partial charge in [0.2, 0.25) is 10.0 Å². The molecule has 3 N–H and O–H groups in total. The lowest BCUT2D eigenvalue weighted by Crippen LogP contribution is -2.55. The zero-order valence-corrected chi connectivity index (χ0v) is 12.4. The number of halogens is 1. The fourth-order valence-corrected chi connectivity index (χ4v) is 4.51. The van der Waals surface area contributed by atoms with Crippen molar-refractivity contribution in [2.45, 2.75) is 43.0 Å². The molecule has 1 fully saturated rings. The van der Waals surface area contributed by atoms with Crippen molar-refractivity contribution < 1.29 is 12.8 Å². The molecule has 6 heteroatoms. The molecular formula is C14H21FN2O2S. The van der Waals surface area contributed by atoms with Crippen molar-refractivity contribution in [3.63, 3.8) is 0 Å². The normalized spacial score (nSPS) is 27.4. The number of nitrogens with two attached hydrogens (primary N) is 1. The standard InChI is InChI=1S/C14H21FN2O2S/c1-11-5-4-8-14(9-11,10-16)17-20(18,19)13-7-3-2-6-12(13)15/h2-3,6-7,11,17H,4-5,8-10,16H2,1H3. The maximum Gasteiger partial charge on any atom is 0.244 e. The Morgan fingerprint density at radius 2 is 2.15 bits per heavy atom. The van der Waals surface area contributed by atoms with Crippen LogP contribution in [0.15, 0.2) is 29.2 Å². The summed E-state index contributed by atoms with van der Waals surface area (Å²) in [5, 5.41) is 0. The highest BCUT2D eigenvalue weighted by atomic mass is 32.2. The summed E-state index contributed by atoms with van der Waals surface area (Å²) in [6, 6.07) is 5.40. The van der Waals surface area contributed by atoms with E-state index in [0.717, 1.165) is 18.9 Å². The van der Waals surface area contributed by atoms with Gasteiger partial charge in [0, 0.05) is 12.1 Å². The Morgan fingerprint density at radius 1 is 1.45 bits per heavy atom. The van der Waals surface area contributed by atoms with Crippen LogP contribution in [0.4, 0.5) is 4.39 Å². The number of hydrogen-bond acceptors (Lipinski definition) is 3. The van der Waals surface area contributed by atoms with Crippen LogP contribution in [0.3, 0.4) is 0 Å². The molecule has 2 unspecified atom stereocenters. The summed E-state index contributed by atoms with van der Waals surface area (Å²) in [5.74, 6) is -0.327. The van der Waals surface area contributed by atoms with Gasteiger partial charge >= 0.3 is 0 Å². The van der Waals surface area contributed by atoms with E-state index in [9.17, 15) is 12.8 Å². The molecule has 1 aliphatic rings. The van der Waals surface area contributed by atoms with Crippen molar-refractivity contribution in [1.82, 2.24) is 4.72 Å². The van der Waals surface area contributed by atoms with Crippen LogP contribution in [-0.4, -0.2) is 20.5 Å². The number of benzene rings is 1. The molecule has 0 saturated heterocycles. The highest BCUT2D eigenvalue weighted by molar-refractivity contribution is 7.89. The monoisotopic (exact) mass is 300 g/mol. The molecule has 1 saturated carbocycles. The van der Waals surface area contributed by atoms with Gasteiger partial charge in [-0.2, -0.15) is 0 Å². The van der Waals surface area contributed by atoms with E-state index in [0.29, 0.717) is 18.8 Å². The molecule has 1 aromatic rings. The van der Waals surface area contributed by atoms with Gasteiger partial charge in [0.25, 0.3) is 0 Å². The SMILES string of the molecule is CC1CCCC(CN)(NS(=O)(=O)c2ccccc2F)C1. The van der Waals surface area contributed by atoms with Gasteiger partial charge in [-0.1, -0.05) is 31.9 Å². The van der Waals surface area contributed by atoms with Crippen LogP contribution in [0.25, 0.3) is 0 Å². The van der Waals surface area contributed by atoms with Crippen LogP contribution in [0.1, 0.15) is 32.6 Å². The maximum atomic E-state index is 13.7. The van der Waals surface area contributed by atoms with Crippen LogP contribution >= 0.6 is 0 Å². The molecule has 0 heterocycles. The Hall–Kier alpha value is -0.980. The zero-order valence-electron chi connectivity index (χ0n) is 11.6. The molecule has 0 bridgehead atoms. The Kier molecular flexibility index (Phi) is 4.46. The lowest BCUT2D eigenvalue weighted by atomic mass is 9.77. The first-order valence-corrected chi connectivity index (χ1v) is 8.35. The predicted octanol–water partition coefficient (Wildman–Crippen LogP) is 2.01. The molecule has 0 radical (unpaired) electrons. The van der Waals surface area contributed by atoms with E-state index in [1.807, 2.05) is 0 Å². The van der Waals surface area contributed by atoms with Gasteiger partial charge in [-0.05, 0) is 30.9 Å². The van der Waals surface area contributed by atoms with Crippen LogP contribution in [0.2, 0.25) is 0 Å². The van der Waals surface area contributed by atoms with E-state index >= 15 is 0 Å². The summed E-state index contributed by atoms with van der Waals surface area (Å²) >= 11 is 0. The van der Waals surface area contributed by atoms with Gasteiger partial charge in [0.1, 0.15) is 10.7 Å². The first-order valence-electron chi connectivity index (χ1n) is 6.87. The summed E-state index contributed by atoms with van der Waals surface area (Å²) < 4.78 is 41.1. The molecule has 0 aliphatic heterocycles. The van der Waals surface area contributed by atoms with E-state index in [2.05, 4.69) is 11.6 Å². The van der Waals surface area contributed by atoms with Crippen LogP contribution in [-0.2, 0) is 10.0 Å². The maximum absolute atomic E-state index is 13.7. The smallest absolute Gasteiger partial charge is 0.244 e. The van der Waals surface area contributed by atoms with E-state index in [1.165, 1.54) is 18.2 Å². The summed E-state index contributed by atoms with van der Waals surface area (Å²) in [6.45, 7) is 2.31. The Labute approximate surface area is 119 Å². The number of nitrogens with one attached hydrogen (secondary N) is 1. The number of hydrogen-bond donors (Lipinski definition) is 2. The van der Waals surface area contributed by atoms with E-state index < -0.39 is 21.4 Å². The second kappa shape index (κ2) is 5.79. The largest absolute Gasteiger partial charge is 0.329 e. The molecule has 20 heavy (non-hydrogen) atoms. The lowest BCUT2D eigenvalue weighted by molar-refractivity contribution is 0.222. The second-order valence-electron chi connectivity index (χ2n) is 5.72. The molecule has 112 valence electrons. The van der Waals surface area contributed by atoms with E-state index in [-0.39, 0.29) is 11.4 Å². The third kappa shape index (κ3) is 3.19. The molecule has 2 atom stereocenters. The molecule has 1 aromatic carbocycles. The van der Waals surface area contributed by atoms with Crippen molar-refractivity contribution in [1.29, 1.82) is 0 Å². The van der Waals surface area contributed by atoms with E-state index in [1.54, 1.807) is 0 Å². The van der Waals surface area contributed by atoms with Gasteiger partial charge in [0.15, 0.2) is 0 Å². The molecule has 4 nitrogen and oxygen atoms in total. The molecule has 0 amide bonds. The first-order chi connectivity index (χ1) is 9.38. The van der Waals surface area contributed by atoms with Gasteiger partial charge in [-0.15, -0.1) is 0 Å². The Morgan fingerprint density at radius 3 is 2.75 bits per heavy atom. The average Bonchev–Trinajstić information content (AvgIpc) is 2.38. The Bertz CT molecular complexity index is 576. The van der Waals surface area contributed by atoms with Crippen molar-refractivity contribution in [2.75, 3.05) is 6.54 Å². The topological polar surface area (TPSA) is 72.2 Å². The third-order valence-electron chi connectivity index (χ3n) is 3.96. The minimum absolute atomic E-state index is 0.227. The highest BCUT2D eigenvalue weighted by Gasteiger charge is 2.38. The second-order valence-corrected chi connectivity index (χ2v) is 7.37. The molecule has 1 aliphatic carbocycles. The molecule has 0 spiro atoms. The Balaban J connectivity index is 2.29. The molecule has 0 aromatic heterocycles. The van der Waals surface area contributed by atoms with E-state index in [4.69, 9.17) is 5.73 Å². The quantitative estimate of drug-likeness (QED) is 0.893. The average molecular weight is 300 g/mol. The number of sulfonamides is 1. The fourth-order valence-electron chi connectivity index (χ4n) is 2.98. The van der Waals surface area contributed by atoms with Crippen LogP contribution in [0, 0.1) is 11.7 Å². The van der Waals surface area contributed by atoms with Crippen LogP contribution in [0.5, 0.6) is 0 Å². The summed E-state index contributed by atoms with van der Waals surface area (Å²) in [6.07, 6.45) is 3.39. The third-order valence-corrected chi connectivity index (χ3v) is 5.57. The van der Waals surface area contributed by atoms with Gasteiger partial charge in [-0.25, -0.2) is 17.5 Å². The van der Waals surface area contributed by atoms with Crippen molar-refractivity contribution in [2.24, 2.45) is 11.7 Å². The zero-order chi connectivity index (χ0) is 14.8. The van der Waals surface area contributed by atoms with Crippen molar-refractivity contribution in [3.8, 4) is 0 Å². The lowest BCUT2D eigenvalue weighted by Gasteiger charge is -2.39. The minimum Gasteiger partial charge on any atom is -0.329 e. The highest BCUT2D eigenvalue weighted by Crippen LogP contribution is 2.33. The summed E-state index contributed by atoms with van der Waals surface area (Å²) in [5.41, 5.74) is 5.15. The van der Waals surface area contributed by atoms with Crippen LogP contribution < -0.4 is 10.5 Å². The summed E-state index contributed by atoms with van der Waals surface area (Å²) in [7, 11) is -3.89. The van der Waals surface area contributed by atoms with Gasteiger partial charge in [0.05, 0.1) is 0 Å². The van der Waals surface area contributed by atoms with Gasteiger partial charge in [-0.3, -0.25) is 0 Å². The first kappa shape index (κ1) is 15.4. The fraction of sp³-hybridized carbons (Fsp3) is 0.571. The van der Waals surface area contributed by atoms with Crippen molar-refractivity contribution in [3.05, 3.63) is 30.1 Å². The number of rotatable bonds is 4.